The molecule has 0 atom stereocenters. The highest BCUT2D eigenvalue weighted by Crippen LogP contribution is 2.32. The normalized spacial score (nSPS) is 16.8. The van der Waals surface area contributed by atoms with Gasteiger partial charge in [-0.1, -0.05) is 18.9 Å². The van der Waals surface area contributed by atoms with Crippen molar-refractivity contribution in [2.24, 2.45) is 0 Å². The molecule has 1 aliphatic carbocycles. The van der Waals surface area contributed by atoms with Crippen LogP contribution in [-0.4, -0.2) is 27.5 Å². The molecule has 1 heterocycles. The zero-order chi connectivity index (χ0) is 14.4. The summed E-state index contributed by atoms with van der Waals surface area (Å²) in [5, 5.41) is 11.9. The summed E-state index contributed by atoms with van der Waals surface area (Å²) >= 11 is 0. The Balaban J connectivity index is 1.87. The Morgan fingerprint density at radius 2 is 2.05 bits per heavy atom. The number of hydrogen-bond donors (Lipinski definition) is 2. The van der Waals surface area contributed by atoms with Crippen molar-refractivity contribution in [1.82, 2.24) is 10.3 Å². The number of nitrogens with one attached hydrogen (secondary N) is 1. The first kappa shape index (κ1) is 14.5. The first-order valence-corrected chi connectivity index (χ1v) is 7.02. The number of aryl methyl sites for hydroxylation is 1. The summed E-state index contributed by atoms with van der Waals surface area (Å²) in [5.74, 6) is -0.935. The fraction of sp³-hybridized carbons (Fsp3) is 0.533. The Hall–Kier alpha value is -1.91. The summed E-state index contributed by atoms with van der Waals surface area (Å²) in [6.07, 6.45) is 6.12. The van der Waals surface area contributed by atoms with Gasteiger partial charge in [0.1, 0.15) is 0 Å². The molecule has 0 spiro atoms. The van der Waals surface area contributed by atoms with E-state index in [9.17, 15) is 9.59 Å². The van der Waals surface area contributed by atoms with E-state index in [1.807, 2.05) is 18.2 Å². The molecule has 108 valence electrons. The van der Waals surface area contributed by atoms with Crippen molar-refractivity contribution in [1.29, 1.82) is 0 Å². The van der Waals surface area contributed by atoms with E-state index in [0.717, 1.165) is 31.4 Å². The van der Waals surface area contributed by atoms with E-state index in [1.54, 1.807) is 6.20 Å². The van der Waals surface area contributed by atoms with Crippen molar-refractivity contribution in [2.75, 3.05) is 0 Å². The van der Waals surface area contributed by atoms with Crippen LogP contribution >= 0.6 is 0 Å². The van der Waals surface area contributed by atoms with Gasteiger partial charge in [-0.2, -0.15) is 0 Å². The van der Waals surface area contributed by atoms with Crippen LogP contribution in [0.25, 0.3) is 0 Å². The van der Waals surface area contributed by atoms with Crippen LogP contribution in [0, 0.1) is 0 Å². The van der Waals surface area contributed by atoms with Gasteiger partial charge in [-0.25, -0.2) is 0 Å². The number of amides is 1. The van der Waals surface area contributed by atoms with Crippen molar-refractivity contribution in [3.8, 4) is 0 Å². The van der Waals surface area contributed by atoms with Gasteiger partial charge < -0.3 is 10.4 Å². The Kier molecular flexibility index (Phi) is 4.71. The van der Waals surface area contributed by atoms with Crippen molar-refractivity contribution in [3.63, 3.8) is 0 Å². The highest BCUT2D eigenvalue weighted by Gasteiger charge is 2.37. The molecule has 0 bridgehead atoms. The van der Waals surface area contributed by atoms with Gasteiger partial charge in [-0.15, -0.1) is 0 Å². The van der Waals surface area contributed by atoms with E-state index in [0.29, 0.717) is 12.8 Å². The average Bonchev–Trinajstić information content (AvgIpc) is 2.85. The molecule has 5 heteroatoms. The quantitative estimate of drug-likeness (QED) is 0.832. The molecule has 20 heavy (non-hydrogen) atoms. The smallest absolute Gasteiger partial charge is 0.305 e. The Morgan fingerprint density at radius 1 is 1.30 bits per heavy atom. The third-order valence-corrected chi connectivity index (χ3v) is 3.79. The molecule has 0 unspecified atom stereocenters. The van der Waals surface area contributed by atoms with Crippen LogP contribution in [-0.2, 0) is 16.0 Å². The lowest BCUT2D eigenvalue weighted by Gasteiger charge is -2.28. The van der Waals surface area contributed by atoms with E-state index in [2.05, 4.69) is 10.3 Å². The van der Waals surface area contributed by atoms with E-state index >= 15 is 0 Å². The molecule has 1 saturated carbocycles. The highest BCUT2D eigenvalue weighted by atomic mass is 16.4. The molecule has 0 radical (unpaired) electrons. The van der Waals surface area contributed by atoms with Gasteiger partial charge in [0.2, 0.25) is 5.91 Å². The summed E-state index contributed by atoms with van der Waals surface area (Å²) in [4.78, 5) is 27.2. The van der Waals surface area contributed by atoms with Crippen LogP contribution in [0.2, 0.25) is 0 Å². The summed E-state index contributed by atoms with van der Waals surface area (Å²) in [7, 11) is 0. The number of hydrogen-bond acceptors (Lipinski definition) is 3. The molecular formula is C15H20N2O3. The number of carboxylic acids is 1. The molecule has 0 saturated heterocycles. The van der Waals surface area contributed by atoms with Gasteiger partial charge in [0.05, 0.1) is 12.0 Å². The Morgan fingerprint density at radius 3 is 2.65 bits per heavy atom. The Bertz CT molecular complexity index is 467. The number of aliphatic carboxylic acids is 1. The monoisotopic (exact) mass is 276 g/mol. The molecule has 1 aromatic heterocycles. The second kappa shape index (κ2) is 6.50. The number of rotatable bonds is 6. The first-order valence-electron chi connectivity index (χ1n) is 7.02. The fourth-order valence-corrected chi connectivity index (χ4v) is 2.83. The maximum atomic E-state index is 12.0. The fourth-order valence-electron chi connectivity index (χ4n) is 2.83. The van der Waals surface area contributed by atoms with E-state index < -0.39 is 11.5 Å². The minimum atomic E-state index is -0.850. The maximum absolute atomic E-state index is 12.0. The van der Waals surface area contributed by atoms with Gasteiger partial charge >= 0.3 is 5.97 Å². The second-order valence-corrected chi connectivity index (χ2v) is 5.43. The maximum Gasteiger partial charge on any atom is 0.305 e. The van der Waals surface area contributed by atoms with E-state index in [1.165, 1.54) is 0 Å². The third-order valence-electron chi connectivity index (χ3n) is 3.79. The van der Waals surface area contributed by atoms with Gasteiger partial charge in [-0.3, -0.25) is 14.6 Å². The van der Waals surface area contributed by atoms with Crippen LogP contribution in [0.3, 0.4) is 0 Å². The number of carbonyl (C=O) groups is 2. The SMILES string of the molecule is O=C(O)CC1(NC(=O)CCc2ccccn2)CCCC1. The lowest BCUT2D eigenvalue weighted by molar-refractivity contribution is -0.139. The second-order valence-electron chi connectivity index (χ2n) is 5.43. The first-order chi connectivity index (χ1) is 9.60. The molecule has 2 rings (SSSR count). The number of carbonyl (C=O) groups excluding carboxylic acids is 1. The summed E-state index contributed by atoms with van der Waals surface area (Å²) < 4.78 is 0. The van der Waals surface area contributed by atoms with Crippen molar-refractivity contribution in [3.05, 3.63) is 30.1 Å². The van der Waals surface area contributed by atoms with Crippen LogP contribution in [0.5, 0.6) is 0 Å². The van der Waals surface area contributed by atoms with Gasteiger partial charge in [0.15, 0.2) is 0 Å². The molecule has 1 amide bonds. The zero-order valence-corrected chi connectivity index (χ0v) is 11.5. The van der Waals surface area contributed by atoms with Gasteiger partial charge in [-0.05, 0) is 31.4 Å². The zero-order valence-electron chi connectivity index (χ0n) is 11.5. The lowest BCUT2D eigenvalue weighted by atomic mass is 9.93. The highest BCUT2D eigenvalue weighted by molar-refractivity contribution is 5.78. The van der Waals surface area contributed by atoms with Gasteiger partial charge in [0.25, 0.3) is 0 Å². The summed E-state index contributed by atoms with van der Waals surface area (Å²) in [5.41, 5.74) is 0.342. The summed E-state index contributed by atoms with van der Waals surface area (Å²) in [6, 6.07) is 5.61. The molecular weight excluding hydrogens is 256 g/mol. The molecule has 0 aromatic carbocycles. The van der Waals surface area contributed by atoms with E-state index in [-0.39, 0.29) is 12.3 Å². The lowest BCUT2D eigenvalue weighted by Crippen LogP contribution is -2.47. The van der Waals surface area contributed by atoms with Crippen LogP contribution in [0.4, 0.5) is 0 Å². The minimum absolute atomic E-state index is 0.0162. The molecule has 1 fully saturated rings. The molecule has 5 nitrogen and oxygen atoms in total. The van der Waals surface area contributed by atoms with Crippen molar-refractivity contribution >= 4 is 11.9 Å². The van der Waals surface area contributed by atoms with Gasteiger partial charge in [0, 0.05) is 18.3 Å². The molecule has 0 aliphatic heterocycles. The number of nitrogens with zero attached hydrogens (tertiary/aromatic N) is 1. The van der Waals surface area contributed by atoms with Crippen molar-refractivity contribution < 1.29 is 14.7 Å². The standard InChI is InChI=1S/C15H20N2O3/c18-13(7-6-12-5-1-4-10-16-12)17-15(11-14(19)20)8-2-3-9-15/h1,4-5,10H,2-3,6-9,11H2,(H,17,18)(H,19,20). The van der Waals surface area contributed by atoms with Crippen LogP contribution < -0.4 is 5.32 Å². The van der Waals surface area contributed by atoms with Crippen molar-refractivity contribution in [2.45, 2.75) is 50.5 Å². The van der Waals surface area contributed by atoms with E-state index in [4.69, 9.17) is 5.11 Å². The number of aromatic nitrogens is 1. The van der Waals surface area contributed by atoms with Crippen LogP contribution in [0.15, 0.2) is 24.4 Å². The Labute approximate surface area is 118 Å². The summed E-state index contributed by atoms with van der Waals surface area (Å²) in [6.45, 7) is 0. The largest absolute Gasteiger partial charge is 0.481 e. The average molecular weight is 276 g/mol. The topological polar surface area (TPSA) is 79.3 Å². The molecule has 2 N–H and O–H groups in total. The number of pyridine rings is 1. The third kappa shape index (κ3) is 4.05. The van der Waals surface area contributed by atoms with Crippen LogP contribution in [0.1, 0.15) is 44.2 Å². The molecule has 1 aromatic rings. The predicted octanol–water partition coefficient (Wildman–Crippen LogP) is 1.92. The molecule has 1 aliphatic rings. The minimum Gasteiger partial charge on any atom is -0.481 e. The number of carboxylic acid groups (broad SMARTS) is 1. The predicted molar refractivity (Wildman–Crippen MR) is 74.2 cm³/mol.